The molecule has 0 saturated heterocycles. The van der Waals surface area contributed by atoms with Crippen molar-refractivity contribution >= 4 is 11.6 Å². The third-order valence-corrected chi connectivity index (χ3v) is 3.46. The van der Waals surface area contributed by atoms with Gasteiger partial charge in [-0.15, -0.1) is 0 Å². The van der Waals surface area contributed by atoms with Gasteiger partial charge in [-0.2, -0.15) is 5.10 Å². The van der Waals surface area contributed by atoms with Gasteiger partial charge in [-0.3, -0.25) is 20.9 Å². The molecule has 5 nitrogen and oxygen atoms in total. The molecule has 0 spiro atoms. The molecular weight excluding hydrogens is 250 g/mol. The van der Waals surface area contributed by atoms with Gasteiger partial charge >= 0.3 is 0 Å². The van der Waals surface area contributed by atoms with E-state index >= 15 is 0 Å². The Morgan fingerprint density at radius 3 is 2.61 bits per heavy atom. The molecule has 0 saturated carbocycles. The topological polar surface area (TPSA) is 68.8 Å². The van der Waals surface area contributed by atoms with E-state index in [2.05, 4.69) is 15.5 Å². The summed E-state index contributed by atoms with van der Waals surface area (Å²) in [6.45, 7) is 1.89. The van der Waals surface area contributed by atoms with E-state index in [4.69, 9.17) is 17.4 Å². The summed E-state index contributed by atoms with van der Waals surface area (Å²) in [5, 5.41) is 5.00. The van der Waals surface area contributed by atoms with Gasteiger partial charge in [0.05, 0.1) is 22.5 Å². The van der Waals surface area contributed by atoms with Crippen molar-refractivity contribution in [2.24, 2.45) is 12.9 Å². The lowest BCUT2D eigenvalue weighted by atomic mass is 10.0. The molecule has 18 heavy (non-hydrogen) atoms. The van der Waals surface area contributed by atoms with E-state index in [-0.39, 0.29) is 6.04 Å². The Hall–Kier alpha value is -1.43. The van der Waals surface area contributed by atoms with E-state index in [1.165, 1.54) is 0 Å². The van der Waals surface area contributed by atoms with Crippen LogP contribution < -0.4 is 11.3 Å². The van der Waals surface area contributed by atoms with Crippen LogP contribution in [0.25, 0.3) is 0 Å². The quantitative estimate of drug-likeness (QED) is 0.650. The average molecular weight is 266 g/mol. The maximum absolute atomic E-state index is 6.24. The van der Waals surface area contributed by atoms with Crippen molar-refractivity contribution in [2.75, 3.05) is 0 Å². The van der Waals surface area contributed by atoms with Crippen LogP contribution >= 0.6 is 11.6 Å². The maximum Gasteiger partial charge on any atom is 0.0847 e. The number of nitrogens with zero attached hydrogens (tertiary/aromatic N) is 3. The van der Waals surface area contributed by atoms with Crippen LogP contribution in [0, 0.1) is 6.92 Å². The van der Waals surface area contributed by atoms with Gasteiger partial charge in [-0.25, -0.2) is 0 Å². The molecule has 0 aliphatic carbocycles. The van der Waals surface area contributed by atoms with Gasteiger partial charge < -0.3 is 0 Å². The summed E-state index contributed by atoms with van der Waals surface area (Å²) in [6.07, 6.45) is 4.17. The lowest BCUT2D eigenvalue weighted by Gasteiger charge is -2.16. The van der Waals surface area contributed by atoms with E-state index in [1.807, 2.05) is 26.1 Å². The molecule has 3 N–H and O–H groups in total. The van der Waals surface area contributed by atoms with Crippen LogP contribution in [0.1, 0.15) is 23.0 Å². The number of rotatable bonds is 4. The Labute approximate surface area is 111 Å². The Balaban J connectivity index is 2.26. The second-order valence-corrected chi connectivity index (χ2v) is 4.55. The Morgan fingerprint density at radius 1 is 1.44 bits per heavy atom. The minimum Gasteiger partial charge on any atom is -0.271 e. The summed E-state index contributed by atoms with van der Waals surface area (Å²) in [5.41, 5.74) is 5.67. The number of hydrazine groups is 1. The van der Waals surface area contributed by atoms with Gasteiger partial charge in [0.25, 0.3) is 0 Å². The molecule has 0 aliphatic heterocycles. The smallest absolute Gasteiger partial charge is 0.0847 e. The summed E-state index contributed by atoms with van der Waals surface area (Å²) in [4.78, 5) is 4.00. The molecule has 2 aromatic heterocycles. The highest BCUT2D eigenvalue weighted by atomic mass is 35.5. The van der Waals surface area contributed by atoms with Gasteiger partial charge in [0, 0.05) is 25.9 Å². The monoisotopic (exact) mass is 265 g/mol. The molecule has 2 rings (SSSR count). The number of hydrogen-bond acceptors (Lipinski definition) is 4. The van der Waals surface area contributed by atoms with Crippen LogP contribution in [0.4, 0.5) is 0 Å². The minimum atomic E-state index is -0.0136. The van der Waals surface area contributed by atoms with Crippen molar-refractivity contribution in [1.82, 2.24) is 20.2 Å². The first-order chi connectivity index (χ1) is 8.63. The molecule has 6 heteroatoms. The predicted molar refractivity (Wildman–Crippen MR) is 71.0 cm³/mol. The fourth-order valence-corrected chi connectivity index (χ4v) is 2.20. The molecule has 0 aromatic carbocycles. The van der Waals surface area contributed by atoms with Crippen molar-refractivity contribution in [3.63, 3.8) is 0 Å². The lowest BCUT2D eigenvalue weighted by Crippen LogP contribution is -2.30. The van der Waals surface area contributed by atoms with Gasteiger partial charge in [0.2, 0.25) is 0 Å². The summed E-state index contributed by atoms with van der Waals surface area (Å²) in [7, 11) is 1.88. The Bertz CT molecular complexity index is 523. The predicted octanol–water partition coefficient (Wildman–Crippen LogP) is 1.52. The highest BCUT2D eigenvalue weighted by molar-refractivity contribution is 6.31. The first-order valence-corrected chi connectivity index (χ1v) is 6.05. The molecule has 0 radical (unpaired) electrons. The number of halogens is 1. The third-order valence-electron chi connectivity index (χ3n) is 2.97. The molecule has 0 amide bonds. The van der Waals surface area contributed by atoms with Crippen molar-refractivity contribution in [2.45, 2.75) is 19.4 Å². The fraction of sp³-hybridized carbons (Fsp3) is 0.333. The second-order valence-electron chi connectivity index (χ2n) is 4.17. The standard InChI is InChI=1S/C12H16ClN5/c1-8-12(13)11(18(2)17-8)7-10(16-14)9-3-5-15-6-4-9/h3-6,10,16H,7,14H2,1-2H3. The first kappa shape index (κ1) is 13.0. The van der Waals surface area contributed by atoms with E-state index in [0.717, 1.165) is 17.0 Å². The zero-order chi connectivity index (χ0) is 13.1. The molecule has 2 aromatic rings. The Morgan fingerprint density at radius 2 is 2.11 bits per heavy atom. The second kappa shape index (κ2) is 5.48. The molecule has 0 bridgehead atoms. The normalized spacial score (nSPS) is 12.7. The van der Waals surface area contributed by atoms with Gasteiger partial charge in [-0.1, -0.05) is 11.6 Å². The molecule has 0 fully saturated rings. The highest BCUT2D eigenvalue weighted by Gasteiger charge is 2.17. The number of nitrogens with two attached hydrogens (primary N) is 1. The number of hydrogen-bond donors (Lipinski definition) is 2. The molecule has 1 unspecified atom stereocenters. The molecule has 0 aliphatic rings. The molecule has 2 heterocycles. The van der Waals surface area contributed by atoms with Crippen LogP contribution in [-0.2, 0) is 13.5 Å². The van der Waals surface area contributed by atoms with E-state index in [9.17, 15) is 0 Å². The van der Waals surface area contributed by atoms with Crippen LogP contribution in [-0.4, -0.2) is 14.8 Å². The van der Waals surface area contributed by atoms with Gasteiger partial charge in [0.1, 0.15) is 0 Å². The summed E-state index contributed by atoms with van der Waals surface area (Å²) < 4.78 is 1.79. The zero-order valence-corrected chi connectivity index (χ0v) is 11.1. The van der Waals surface area contributed by atoms with Crippen molar-refractivity contribution in [1.29, 1.82) is 0 Å². The van der Waals surface area contributed by atoms with Crippen molar-refractivity contribution in [3.8, 4) is 0 Å². The molecule has 96 valence electrons. The number of aryl methyl sites for hydroxylation is 2. The summed E-state index contributed by atoms with van der Waals surface area (Å²) >= 11 is 6.24. The van der Waals surface area contributed by atoms with Crippen LogP contribution in [0.3, 0.4) is 0 Å². The van der Waals surface area contributed by atoms with Crippen LogP contribution in [0.5, 0.6) is 0 Å². The SMILES string of the molecule is Cc1nn(C)c(CC(NN)c2ccncc2)c1Cl. The van der Waals surface area contributed by atoms with Gasteiger partial charge in [-0.05, 0) is 24.6 Å². The Kier molecular flexibility index (Phi) is 3.96. The first-order valence-electron chi connectivity index (χ1n) is 5.67. The number of aromatic nitrogens is 3. The largest absolute Gasteiger partial charge is 0.271 e. The number of nitrogens with one attached hydrogen (secondary N) is 1. The maximum atomic E-state index is 6.24. The van der Waals surface area contributed by atoms with Gasteiger partial charge in [0.15, 0.2) is 0 Å². The lowest BCUT2D eigenvalue weighted by molar-refractivity contribution is 0.529. The fourth-order valence-electron chi connectivity index (χ4n) is 1.96. The zero-order valence-electron chi connectivity index (χ0n) is 10.4. The summed E-state index contributed by atoms with van der Waals surface area (Å²) in [5.74, 6) is 5.62. The van der Waals surface area contributed by atoms with Crippen molar-refractivity contribution < 1.29 is 0 Å². The molecular formula is C12H16ClN5. The van der Waals surface area contributed by atoms with E-state index < -0.39 is 0 Å². The highest BCUT2D eigenvalue weighted by Crippen LogP contribution is 2.24. The molecule has 1 atom stereocenters. The third kappa shape index (κ3) is 2.53. The van der Waals surface area contributed by atoms with Crippen molar-refractivity contribution in [3.05, 3.63) is 46.5 Å². The van der Waals surface area contributed by atoms with E-state index in [1.54, 1.807) is 17.1 Å². The summed E-state index contributed by atoms with van der Waals surface area (Å²) in [6, 6.07) is 3.85. The minimum absolute atomic E-state index is 0.0136. The van der Waals surface area contributed by atoms with E-state index in [0.29, 0.717) is 11.4 Å². The number of pyridine rings is 1. The van der Waals surface area contributed by atoms with Crippen LogP contribution in [0.15, 0.2) is 24.5 Å². The average Bonchev–Trinajstić information content (AvgIpc) is 2.62. The van der Waals surface area contributed by atoms with Crippen LogP contribution in [0.2, 0.25) is 5.02 Å².